The van der Waals surface area contributed by atoms with Gasteiger partial charge in [-0.3, -0.25) is 14.7 Å². The Morgan fingerprint density at radius 1 is 1.18 bits per heavy atom. The molecule has 3 heterocycles. The van der Waals surface area contributed by atoms with E-state index in [0.717, 1.165) is 39.1 Å². The van der Waals surface area contributed by atoms with Crippen LogP contribution in [0.5, 0.6) is 5.75 Å². The number of carbonyl (C=O) groups excluding carboxylic acids is 1. The van der Waals surface area contributed by atoms with Crippen LogP contribution < -0.4 is 9.64 Å². The Bertz CT molecular complexity index is 948. The van der Waals surface area contributed by atoms with Gasteiger partial charge in [-0.1, -0.05) is 6.07 Å². The molecular weight excluding hydrogens is 370 g/mol. The number of thiophene rings is 1. The van der Waals surface area contributed by atoms with Gasteiger partial charge in [-0.25, -0.2) is 0 Å². The van der Waals surface area contributed by atoms with E-state index in [4.69, 9.17) is 4.74 Å². The Balaban J connectivity index is 1.22. The number of hydrogen-bond acceptors (Lipinski definition) is 6. The van der Waals surface area contributed by atoms with Gasteiger partial charge < -0.3 is 9.64 Å². The molecule has 0 saturated carbocycles. The smallest absolute Gasteiger partial charge is 0.178 e. The number of ketones is 1. The van der Waals surface area contributed by atoms with E-state index in [-0.39, 0.29) is 5.78 Å². The minimum atomic E-state index is -0.0403. The molecular formula is C22H25N3O2S. The normalized spacial score (nSPS) is 15.1. The van der Waals surface area contributed by atoms with Crippen LogP contribution in [0.15, 0.2) is 48.0 Å². The standard InChI is InChI=1S/C22H25N3O2S/c1-17(26)20-16-18(6-8-23-20)27-14-3-9-24-10-12-25(13-11-24)21-4-2-5-22-19(21)7-15-28-22/h2,4-8,15-16H,3,9-14H2,1H3. The summed E-state index contributed by atoms with van der Waals surface area (Å²) in [4.78, 5) is 20.4. The van der Waals surface area contributed by atoms with E-state index in [2.05, 4.69) is 44.4 Å². The van der Waals surface area contributed by atoms with Gasteiger partial charge in [-0.05, 0) is 36.1 Å². The predicted molar refractivity (Wildman–Crippen MR) is 115 cm³/mol. The molecule has 0 aliphatic carbocycles. The Labute approximate surface area is 169 Å². The summed E-state index contributed by atoms with van der Waals surface area (Å²) in [6, 6.07) is 12.3. The first-order valence-electron chi connectivity index (χ1n) is 9.74. The van der Waals surface area contributed by atoms with Crippen LogP contribution in [0.2, 0.25) is 0 Å². The molecule has 146 valence electrons. The zero-order valence-corrected chi connectivity index (χ0v) is 17.0. The highest BCUT2D eigenvalue weighted by Crippen LogP contribution is 2.31. The highest BCUT2D eigenvalue weighted by atomic mass is 32.1. The van der Waals surface area contributed by atoms with Crippen LogP contribution in [0, 0.1) is 0 Å². The summed E-state index contributed by atoms with van der Waals surface area (Å²) in [6.07, 6.45) is 2.59. The highest BCUT2D eigenvalue weighted by molar-refractivity contribution is 7.17. The molecule has 0 radical (unpaired) electrons. The maximum absolute atomic E-state index is 11.4. The molecule has 5 nitrogen and oxygen atoms in total. The van der Waals surface area contributed by atoms with Crippen LogP contribution in [0.1, 0.15) is 23.8 Å². The number of carbonyl (C=O) groups is 1. The molecule has 0 spiro atoms. The van der Waals surface area contributed by atoms with Crippen molar-refractivity contribution in [2.45, 2.75) is 13.3 Å². The molecule has 0 N–H and O–H groups in total. The Hall–Kier alpha value is -2.44. The maximum atomic E-state index is 11.4. The van der Waals surface area contributed by atoms with E-state index in [1.54, 1.807) is 29.7 Å². The van der Waals surface area contributed by atoms with Crippen molar-refractivity contribution in [3.05, 3.63) is 53.7 Å². The molecule has 0 bridgehead atoms. The van der Waals surface area contributed by atoms with Gasteiger partial charge in [0.1, 0.15) is 11.4 Å². The first-order valence-corrected chi connectivity index (χ1v) is 10.6. The van der Waals surface area contributed by atoms with Crippen molar-refractivity contribution in [2.75, 3.05) is 44.2 Å². The molecule has 1 aliphatic rings. The summed E-state index contributed by atoms with van der Waals surface area (Å²) >= 11 is 1.81. The number of nitrogens with zero attached hydrogens (tertiary/aromatic N) is 3. The summed E-state index contributed by atoms with van der Waals surface area (Å²) < 4.78 is 7.15. The number of rotatable bonds is 7. The zero-order chi connectivity index (χ0) is 19.3. The highest BCUT2D eigenvalue weighted by Gasteiger charge is 2.18. The lowest BCUT2D eigenvalue weighted by Gasteiger charge is -2.36. The molecule has 3 aromatic rings. The lowest BCUT2D eigenvalue weighted by molar-refractivity contribution is 0.101. The molecule has 28 heavy (non-hydrogen) atoms. The number of fused-ring (bicyclic) bond motifs is 1. The van der Waals surface area contributed by atoms with Crippen molar-refractivity contribution in [2.24, 2.45) is 0 Å². The van der Waals surface area contributed by atoms with Crippen LogP contribution in [-0.4, -0.2) is 55.0 Å². The second kappa shape index (κ2) is 8.71. The maximum Gasteiger partial charge on any atom is 0.178 e. The van der Waals surface area contributed by atoms with Crippen molar-refractivity contribution in [1.82, 2.24) is 9.88 Å². The lowest BCUT2D eigenvalue weighted by Crippen LogP contribution is -2.46. The average Bonchev–Trinajstić information content (AvgIpc) is 3.21. The fraction of sp³-hybridized carbons (Fsp3) is 0.364. The molecule has 2 aromatic heterocycles. The quantitative estimate of drug-likeness (QED) is 0.445. The third kappa shape index (κ3) is 4.34. The van der Waals surface area contributed by atoms with Gasteiger partial charge in [-0.15, -0.1) is 11.3 Å². The molecule has 1 fully saturated rings. The topological polar surface area (TPSA) is 45.7 Å². The summed E-state index contributed by atoms with van der Waals surface area (Å²) in [7, 11) is 0. The van der Waals surface area contributed by atoms with E-state index in [1.165, 1.54) is 22.7 Å². The Morgan fingerprint density at radius 2 is 2.04 bits per heavy atom. The summed E-state index contributed by atoms with van der Waals surface area (Å²) in [5.74, 6) is 0.676. The lowest BCUT2D eigenvalue weighted by atomic mass is 10.2. The molecule has 0 atom stereocenters. The van der Waals surface area contributed by atoms with Gasteiger partial charge in [0.25, 0.3) is 0 Å². The van der Waals surface area contributed by atoms with Crippen molar-refractivity contribution >= 4 is 32.9 Å². The number of anilines is 1. The van der Waals surface area contributed by atoms with Crippen molar-refractivity contribution < 1.29 is 9.53 Å². The van der Waals surface area contributed by atoms with Gasteiger partial charge >= 0.3 is 0 Å². The van der Waals surface area contributed by atoms with Crippen LogP contribution in [0.3, 0.4) is 0 Å². The SMILES string of the molecule is CC(=O)c1cc(OCCCN2CCN(c3cccc4sccc34)CC2)ccn1. The molecule has 1 aliphatic heterocycles. The molecule has 1 aromatic carbocycles. The fourth-order valence-corrected chi connectivity index (χ4v) is 4.45. The molecule has 0 unspecified atom stereocenters. The summed E-state index contributed by atoms with van der Waals surface area (Å²) in [5.41, 5.74) is 1.81. The minimum Gasteiger partial charge on any atom is -0.493 e. The van der Waals surface area contributed by atoms with E-state index >= 15 is 0 Å². The van der Waals surface area contributed by atoms with E-state index in [0.29, 0.717) is 18.1 Å². The van der Waals surface area contributed by atoms with Crippen molar-refractivity contribution in [3.8, 4) is 5.75 Å². The van der Waals surface area contributed by atoms with Gasteiger partial charge in [0.2, 0.25) is 0 Å². The van der Waals surface area contributed by atoms with Crippen molar-refractivity contribution in [1.29, 1.82) is 0 Å². The third-order valence-electron chi connectivity index (χ3n) is 5.17. The summed E-state index contributed by atoms with van der Waals surface area (Å²) in [5, 5.41) is 3.55. The first kappa shape index (κ1) is 18.9. The average molecular weight is 396 g/mol. The van der Waals surface area contributed by atoms with Gasteiger partial charge in [0.05, 0.1) is 6.61 Å². The second-order valence-corrected chi connectivity index (χ2v) is 8.02. The second-order valence-electron chi connectivity index (χ2n) is 7.07. The largest absolute Gasteiger partial charge is 0.493 e. The van der Waals surface area contributed by atoms with Crippen LogP contribution in [0.4, 0.5) is 5.69 Å². The molecule has 4 rings (SSSR count). The minimum absolute atomic E-state index is 0.0403. The van der Waals surface area contributed by atoms with Crippen LogP contribution >= 0.6 is 11.3 Å². The van der Waals surface area contributed by atoms with Gasteiger partial charge in [-0.2, -0.15) is 0 Å². The number of hydrogen-bond donors (Lipinski definition) is 0. The van der Waals surface area contributed by atoms with Crippen LogP contribution in [0.25, 0.3) is 10.1 Å². The van der Waals surface area contributed by atoms with Gasteiger partial charge in [0.15, 0.2) is 5.78 Å². The Morgan fingerprint density at radius 3 is 2.86 bits per heavy atom. The van der Waals surface area contributed by atoms with Crippen molar-refractivity contribution in [3.63, 3.8) is 0 Å². The van der Waals surface area contributed by atoms with E-state index in [1.807, 2.05) is 0 Å². The summed E-state index contributed by atoms with van der Waals surface area (Å²) in [6.45, 7) is 7.46. The monoisotopic (exact) mass is 395 g/mol. The number of Topliss-reactive ketones (excluding diaryl/α,β-unsaturated/α-hetero) is 1. The number of benzene rings is 1. The number of aromatic nitrogens is 1. The third-order valence-corrected chi connectivity index (χ3v) is 6.05. The number of piperazine rings is 1. The van der Waals surface area contributed by atoms with E-state index < -0.39 is 0 Å². The zero-order valence-electron chi connectivity index (χ0n) is 16.1. The molecule has 1 saturated heterocycles. The fourth-order valence-electron chi connectivity index (χ4n) is 3.64. The number of ether oxygens (including phenoxy) is 1. The predicted octanol–water partition coefficient (Wildman–Crippen LogP) is 4.09. The van der Waals surface area contributed by atoms with E-state index in [9.17, 15) is 4.79 Å². The first-order chi connectivity index (χ1) is 13.7. The van der Waals surface area contributed by atoms with Gasteiger partial charge in [0, 0.05) is 67.7 Å². The number of pyridine rings is 1. The molecule has 0 amide bonds. The molecule has 6 heteroatoms. The Kier molecular flexibility index (Phi) is 5.88. The van der Waals surface area contributed by atoms with Crippen LogP contribution in [-0.2, 0) is 0 Å².